The van der Waals surface area contributed by atoms with Crippen LogP contribution in [-0.4, -0.2) is 14.9 Å². The molecule has 0 bridgehead atoms. The molecule has 0 aliphatic heterocycles. The Bertz CT molecular complexity index is 1340. The van der Waals surface area contributed by atoms with Crippen molar-refractivity contribution in [3.05, 3.63) is 98.9 Å². The Balaban J connectivity index is 1.60. The number of nitro benzene ring substituents is 1. The Morgan fingerprint density at radius 2 is 1.88 bits per heavy atom. The monoisotopic (exact) mass is 424 g/mol. The van der Waals surface area contributed by atoms with E-state index in [9.17, 15) is 15.4 Å². The number of imidazole rings is 1. The lowest BCUT2D eigenvalue weighted by Crippen LogP contribution is -1.98. The molecule has 0 atom stereocenters. The van der Waals surface area contributed by atoms with Gasteiger partial charge in [0.15, 0.2) is 0 Å². The van der Waals surface area contributed by atoms with Crippen LogP contribution in [-0.2, 0) is 6.61 Å². The van der Waals surface area contributed by atoms with Gasteiger partial charge in [0, 0.05) is 17.7 Å². The smallest absolute Gasteiger partial charge is 0.269 e. The molecular formula is C25H20N4O3. The number of non-ortho nitro benzene ring substituents is 1. The fraction of sp³-hybridized carbons (Fsp3) is 0.120. The summed E-state index contributed by atoms with van der Waals surface area (Å²) in [6.45, 7) is 4.31. The zero-order valence-electron chi connectivity index (χ0n) is 17.6. The largest absolute Gasteiger partial charge is 0.488 e. The van der Waals surface area contributed by atoms with Crippen LogP contribution < -0.4 is 4.74 Å². The van der Waals surface area contributed by atoms with Crippen LogP contribution >= 0.6 is 0 Å². The molecule has 32 heavy (non-hydrogen) atoms. The molecule has 0 radical (unpaired) electrons. The molecule has 1 aromatic heterocycles. The molecule has 158 valence electrons. The van der Waals surface area contributed by atoms with Crippen LogP contribution in [0.4, 0.5) is 5.69 Å². The number of hydrogen-bond acceptors (Lipinski definition) is 5. The average Bonchev–Trinajstić information content (AvgIpc) is 3.19. The van der Waals surface area contributed by atoms with Gasteiger partial charge in [-0.1, -0.05) is 18.2 Å². The average molecular weight is 424 g/mol. The standard InChI is InChI=1S/C25H20N4O3/c1-16-11-22-23(12-17(16)2)28-25(27-22)20(14-26)13-19-5-3-4-6-24(19)32-15-18-7-9-21(10-8-18)29(30)31/h3-13H,15H2,1-2H3,(H,27,28). The molecular weight excluding hydrogens is 404 g/mol. The fourth-order valence-electron chi connectivity index (χ4n) is 3.31. The Morgan fingerprint density at radius 1 is 1.16 bits per heavy atom. The van der Waals surface area contributed by atoms with Gasteiger partial charge in [0.05, 0.1) is 21.5 Å². The zero-order chi connectivity index (χ0) is 22.7. The summed E-state index contributed by atoms with van der Waals surface area (Å²) in [5.41, 5.74) is 5.95. The highest BCUT2D eigenvalue weighted by Gasteiger charge is 2.11. The van der Waals surface area contributed by atoms with Crippen molar-refractivity contribution in [2.45, 2.75) is 20.5 Å². The van der Waals surface area contributed by atoms with Gasteiger partial charge in [0.1, 0.15) is 24.3 Å². The van der Waals surface area contributed by atoms with Crippen LogP contribution in [0.5, 0.6) is 5.75 Å². The Hall–Kier alpha value is -4.44. The van der Waals surface area contributed by atoms with Gasteiger partial charge in [-0.15, -0.1) is 0 Å². The second kappa shape index (κ2) is 8.74. The summed E-state index contributed by atoms with van der Waals surface area (Å²) in [6, 6.07) is 19.9. The van der Waals surface area contributed by atoms with Gasteiger partial charge in [-0.2, -0.15) is 5.26 Å². The van der Waals surface area contributed by atoms with Gasteiger partial charge in [-0.05, 0) is 66.9 Å². The van der Waals surface area contributed by atoms with Gasteiger partial charge in [-0.25, -0.2) is 4.98 Å². The van der Waals surface area contributed by atoms with Crippen LogP contribution in [0.3, 0.4) is 0 Å². The maximum atomic E-state index is 10.8. The van der Waals surface area contributed by atoms with E-state index in [1.165, 1.54) is 12.1 Å². The molecule has 0 unspecified atom stereocenters. The lowest BCUT2D eigenvalue weighted by molar-refractivity contribution is -0.384. The normalized spacial score (nSPS) is 11.3. The topological polar surface area (TPSA) is 105 Å². The fourth-order valence-corrected chi connectivity index (χ4v) is 3.31. The molecule has 3 aromatic carbocycles. The van der Waals surface area contributed by atoms with E-state index < -0.39 is 4.92 Å². The first-order valence-corrected chi connectivity index (χ1v) is 9.99. The van der Waals surface area contributed by atoms with E-state index in [2.05, 4.69) is 16.0 Å². The van der Waals surface area contributed by atoms with Crippen LogP contribution in [0.1, 0.15) is 28.1 Å². The highest BCUT2D eigenvalue weighted by Crippen LogP contribution is 2.26. The summed E-state index contributed by atoms with van der Waals surface area (Å²) in [4.78, 5) is 18.2. The van der Waals surface area contributed by atoms with Crippen LogP contribution in [0.25, 0.3) is 22.7 Å². The van der Waals surface area contributed by atoms with E-state index in [1.807, 2.05) is 50.2 Å². The SMILES string of the molecule is Cc1cc2nc(C(C#N)=Cc3ccccc3OCc3ccc([N+](=O)[O-])cc3)[nH]c2cc1C. The van der Waals surface area contributed by atoms with Gasteiger partial charge >= 0.3 is 0 Å². The number of nitrogens with one attached hydrogen (secondary N) is 1. The number of ether oxygens (including phenoxy) is 1. The van der Waals surface area contributed by atoms with E-state index >= 15 is 0 Å². The summed E-state index contributed by atoms with van der Waals surface area (Å²) in [7, 11) is 0. The molecule has 7 nitrogen and oxygen atoms in total. The minimum Gasteiger partial charge on any atom is -0.488 e. The van der Waals surface area contributed by atoms with Gasteiger partial charge in [-0.3, -0.25) is 10.1 Å². The van der Waals surface area contributed by atoms with Crippen molar-refractivity contribution in [3.8, 4) is 11.8 Å². The molecule has 0 aliphatic carbocycles. The van der Waals surface area contributed by atoms with Crippen LogP contribution in [0.2, 0.25) is 0 Å². The lowest BCUT2D eigenvalue weighted by Gasteiger charge is -2.09. The summed E-state index contributed by atoms with van der Waals surface area (Å²) < 4.78 is 5.94. The number of para-hydroxylation sites is 1. The Labute approximate surface area is 184 Å². The highest BCUT2D eigenvalue weighted by atomic mass is 16.6. The van der Waals surface area contributed by atoms with Crippen LogP contribution in [0.15, 0.2) is 60.7 Å². The number of nitro groups is 1. The molecule has 0 aliphatic rings. The molecule has 0 saturated carbocycles. The molecule has 0 amide bonds. The maximum absolute atomic E-state index is 10.8. The van der Waals surface area contributed by atoms with Crippen molar-refractivity contribution >= 4 is 28.4 Å². The lowest BCUT2D eigenvalue weighted by atomic mass is 10.1. The number of nitrogens with zero attached hydrogens (tertiary/aromatic N) is 3. The molecule has 7 heteroatoms. The third-order valence-electron chi connectivity index (χ3n) is 5.23. The minimum atomic E-state index is -0.436. The molecule has 4 aromatic rings. The molecule has 0 spiro atoms. The zero-order valence-corrected chi connectivity index (χ0v) is 17.6. The molecule has 1 N–H and O–H groups in total. The quantitative estimate of drug-likeness (QED) is 0.242. The number of hydrogen-bond donors (Lipinski definition) is 1. The highest BCUT2D eigenvalue weighted by molar-refractivity contribution is 5.91. The second-order valence-electron chi connectivity index (χ2n) is 7.46. The van der Waals surface area contributed by atoms with Crippen molar-refractivity contribution in [2.75, 3.05) is 0 Å². The van der Waals surface area contributed by atoms with E-state index in [1.54, 1.807) is 18.2 Å². The summed E-state index contributed by atoms with van der Waals surface area (Å²) >= 11 is 0. The van der Waals surface area contributed by atoms with E-state index in [0.29, 0.717) is 17.1 Å². The number of aromatic amines is 1. The number of aromatic nitrogens is 2. The predicted octanol–water partition coefficient (Wildman–Crippen LogP) is 5.73. The Morgan fingerprint density at radius 3 is 2.59 bits per heavy atom. The summed E-state index contributed by atoms with van der Waals surface area (Å²) in [6.07, 6.45) is 1.74. The number of nitriles is 1. The van der Waals surface area contributed by atoms with Crippen molar-refractivity contribution in [3.63, 3.8) is 0 Å². The maximum Gasteiger partial charge on any atom is 0.269 e. The number of H-pyrrole nitrogens is 1. The number of aryl methyl sites for hydroxylation is 2. The molecule has 4 rings (SSSR count). The number of allylic oxidation sites excluding steroid dienone is 1. The van der Waals surface area contributed by atoms with E-state index in [-0.39, 0.29) is 12.3 Å². The second-order valence-corrected chi connectivity index (χ2v) is 7.46. The third-order valence-corrected chi connectivity index (χ3v) is 5.23. The minimum absolute atomic E-state index is 0.0342. The van der Waals surface area contributed by atoms with Crippen LogP contribution in [0, 0.1) is 35.3 Å². The summed E-state index contributed by atoms with van der Waals surface area (Å²) in [5, 5.41) is 20.6. The van der Waals surface area contributed by atoms with Gasteiger partial charge in [0.25, 0.3) is 5.69 Å². The first-order valence-electron chi connectivity index (χ1n) is 9.99. The number of fused-ring (bicyclic) bond motifs is 1. The van der Waals surface area contributed by atoms with Crippen molar-refractivity contribution in [2.24, 2.45) is 0 Å². The predicted molar refractivity (Wildman–Crippen MR) is 123 cm³/mol. The third kappa shape index (κ3) is 4.35. The first kappa shape index (κ1) is 20.8. The van der Waals surface area contributed by atoms with Crippen molar-refractivity contribution < 1.29 is 9.66 Å². The summed E-state index contributed by atoms with van der Waals surface area (Å²) in [5.74, 6) is 1.10. The van der Waals surface area contributed by atoms with Gasteiger partial charge < -0.3 is 9.72 Å². The van der Waals surface area contributed by atoms with Crippen molar-refractivity contribution in [1.82, 2.24) is 9.97 Å². The number of rotatable bonds is 6. The first-order chi connectivity index (χ1) is 15.4. The van der Waals surface area contributed by atoms with Crippen molar-refractivity contribution in [1.29, 1.82) is 5.26 Å². The van der Waals surface area contributed by atoms with E-state index in [4.69, 9.17) is 4.74 Å². The van der Waals surface area contributed by atoms with E-state index in [0.717, 1.165) is 33.3 Å². The van der Waals surface area contributed by atoms with Gasteiger partial charge in [0.2, 0.25) is 0 Å². The molecule has 1 heterocycles. The molecule has 0 saturated heterocycles. The number of benzene rings is 3. The molecule has 0 fully saturated rings. The Kier molecular flexibility index (Phi) is 5.69.